The van der Waals surface area contributed by atoms with Gasteiger partial charge in [-0.05, 0) is 48.0 Å². The van der Waals surface area contributed by atoms with E-state index in [1.54, 1.807) is 20.8 Å². The summed E-state index contributed by atoms with van der Waals surface area (Å²) in [5, 5.41) is 2.78. The molecule has 0 bridgehead atoms. The molecule has 0 saturated carbocycles. The van der Waals surface area contributed by atoms with Crippen LogP contribution in [0.5, 0.6) is 0 Å². The summed E-state index contributed by atoms with van der Waals surface area (Å²) in [6.45, 7) is 11.1. The molecule has 0 aromatic heterocycles. The number of rotatable bonds is 4. The number of hydrogen-bond acceptors (Lipinski definition) is 6. The molecule has 1 aliphatic heterocycles. The van der Waals surface area contributed by atoms with Crippen LogP contribution in [0.1, 0.15) is 48.0 Å². The number of nitrogens with one attached hydrogen (secondary N) is 1. The van der Waals surface area contributed by atoms with Crippen LogP contribution in [0.15, 0.2) is 11.6 Å². The van der Waals surface area contributed by atoms with Crippen LogP contribution in [0, 0.1) is 0 Å². The normalized spacial score (nSPS) is 24.2. The Labute approximate surface area is 143 Å². The second-order valence-electron chi connectivity index (χ2n) is 7.34. The minimum atomic E-state index is -0.762. The highest BCUT2D eigenvalue weighted by Crippen LogP contribution is 2.26. The van der Waals surface area contributed by atoms with Gasteiger partial charge in [-0.15, -0.1) is 0 Å². The van der Waals surface area contributed by atoms with E-state index in [9.17, 15) is 9.59 Å². The molecule has 1 N–H and O–H groups in total. The summed E-state index contributed by atoms with van der Waals surface area (Å²) in [5.41, 5.74) is 0.205. The molecule has 1 saturated heterocycles. The van der Waals surface area contributed by atoms with Crippen LogP contribution in [0.3, 0.4) is 0 Å². The summed E-state index contributed by atoms with van der Waals surface area (Å²) >= 11 is 0. The quantitative estimate of drug-likeness (QED) is 0.624. The van der Waals surface area contributed by atoms with Gasteiger partial charge in [-0.3, -0.25) is 0 Å². The second-order valence-corrected chi connectivity index (χ2v) is 7.34. The second kappa shape index (κ2) is 7.98. The third-order valence-electron chi connectivity index (χ3n) is 3.29. The Morgan fingerprint density at radius 3 is 2.50 bits per heavy atom. The molecule has 0 unspecified atom stereocenters. The lowest BCUT2D eigenvalue weighted by Gasteiger charge is -2.41. The molecule has 7 heteroatoms. The molecule has 0 spiro atoms. The third-order valence-corrected chi connectivity index (χ3v) is 3.29. The lowest BCUT2D eigenvalue weighted by atomic mass is 10.0. The van der Waals surface area contributed by atoms with Crippen molar-refractivity contribution in [2.45, 2.75) is 71.5 Å². The van der Waals surface area contributed by atoms with E-state index in [0.29, 0.717) is 13.0 Å². The maximum atomic E-state index is 12.0. The standard InChI is InChI=1S/C17H29NO6/c1-11(9-14(19)21-7)8-13-12(10-22-17(5,6)23-13)18-15(20)24-16(2,3)4/h9,12-13H,8,10H2,1-7H3,(H,18,20)/b11-9+/t12-,13-/m0/s1. The monoisotopic (exact) mass is 343 g/mol. The van der Waals surface area contributed by atoms with Gasteiger partial charge >= 0.3 is 12.1 Å². The molecule has 0 aromatic rings. The van der Waals surface area contributed by atoms with E-state index < -0.39 is 23.5 Å². The number of alkyl carbamates (subject to hydrolysis) is 1. The highest BCUT2D eigenvalue weighted by molar-refractivity contribution is 5.82. The lowest BCUT2D eigenvalue weighted by Crippen LogP contribution is -2.56. The summed E-state index contributed by atoms with van der Waals surface area (Å²) in [7, 11) is 1.33. The first-order valence-corrected chi connectivity index (χ1v) is 7.98. The Balaban J connectivity index is 2.79. The van der Waals surface area contributed by atoms with Crippen molar-refractivity contribution in [2.24, 2.45) is 0 Å². The number of carbonyl (C=O) groups is 2. The van der Waals surface area contributed by atoms with Crippen molar-refractivity contribution >= 4 is 12.1 Å². The summed E-state index contributed by atoms with van der Waals surface area (Å²) in [6.07, 6.45) is 1.000. The topological polar surface area (TPSA) is 83.1 Å². The van der Waals surface area contributed by atoms with Crippen LogP contribution in [-0.2, 0) is 23.7 Å². The molecule has 1 rings (SSSR count). The predicted molar refractivity (Wildman–Crippen MR) is 88.5 cm³/mol. The van der Waals surface area contributed by atoms with Crippen LogP contribution in [0.2, 0.25) is 0 Å². The largest absolute Gasteiger partial charge is 0.466 e. The van der Waals surface area contributed by atoms with Gasteiger partial charge in [0.15, 0.2) is 5.79 Å². The van der Waals surface area contributed by atoms with Crippen molar-refractivity contribution < 1.29 is 28.5 Å². The van der Waals surface area contributed by atoms with Crippen molar-refractivity contribution in [2.75, 3.05) is 13.7 Å². The minimum absolute atomic E-state index is 0.294. The van der Waals surface area contributed by atoms with Crippen LogP contribution >= 0.6 is 0 Å². The summed E-state index contributed by atoms with van der Waals surface area (Å²) in [5.74, 6) is -1.18. The van der Waals surface area contributed by atoms with Crippen LogP contribution < -0.4 is 5.32 Å². The van der Waals surface area contributed by atoms with Gasteiger partial charge in [0, 0.05) is 6.08 Å². The third kappa shape index (κ3) is 7.31. The molecule has 1 heterocycles. The van der Waals surface area contributed by atoms with Crippen molar-refractivity contribution in [1.29, 1.82) is 0 Å². The molecule has 0 aromatic carbocycles. The number of hydrogen-bond donors (Lipinski definition) is 1. The SMILES string of the molecule is COC(=O)/C=C(\C)C[C@@H]1OC(C)(C)OC[C@@H]1NC(=O)OC(C)(C)C. The van der Waals surface area contributed by atoms with Crippen LogP contribution in [0.4, 0.5) is 4.79 Å². The van der Waals surface area contributed by atoms with Gasteiger partial charge in [0.1, 0.15) is 5.60 Å². The van der Waals surface area contributed by atoms with E-state index in [-0.39, 0.29) is 12.1 Å². The average molecular weight is 343 g/mol. The van der Waals surface area contributed by atoms with Crippen LogP contribution in [0.25, 0.3) is 0 Å². The van der Waals surface area contributed by atoms with Gasteiger partial charge in [-0.25, -0.2) is 9.59 Å². The van der Waals surface area contributed by atoms with Gasteiger partial charge in [0.25, 0.3) is 0 Å². The average Bonchev–Trinajstić information content (AvgIpc) is 2.39. The Bertz CT molecular complexity index is 492. The molecule has 0 radical (unpaired) electrons. The fourth-order valence-electron chi connectivity index (χ4n) is 2.29. The van der Waals surface area contributed by atoms with E-state index in [1.165, 1.54) is 13.2 Å². The smallest absolute Gasteiger partial charge is 0.408 e. The summed E-state index contributed by atoms with van der Waals surface area (Å²) in [6, 6.07) is -0.381. The van der Waals surface area contributed by atoms with Crippen molar-refractivity contribution in [3.63, 3.8) is 0 Å². The first-order chi connectivity index (χ1) is 10.9. The molecule has 24 heavy (non-hydrogen) atoms. The van der Waals surface area contributed by atoms with Gasteiger partial charge < -0.3 is 24.3 Å². The van der Waals surface area contributed by atoms with Crippen molar-refractivity contribution in [3.05, 3.63) is 11.6 Å². The van der Waals surface area contributed by atoms with Gasteiger partial charge in [0.2, 0.25) is 0 Å². The van der Waals surface area contributed by atoms with E-state index >= 15 is 0 Å². The lowest BCUT2D eigenvalue weighted by molar-refractivity contribution is -0.281. The van der Waals surface area contributed by atoms with Gasteiger partial charge in [0.05, 0.1) is 25.9 Å². The Morgan fingerprint density at radius 1 is 1.33 bits per heavy atom. The van der Waals surface area contributed by atoms with Gasteiger partial charge in [-0.1, -0.05) is 5.57 Å². The fourth-order valence-corrected chi connectivity index (χ4v) is 2.29. The maximum absolute atomic E-state index is 12.0. The molecule has 7 nitrogen and oxygen atoms in total. The molecule has 1 aliphatic rings. The zero-order valence-electron chi connectivity index (χ0n) is 15.6. The molecular weight excluding hydrogens is 314 g/mol. The zero-order valence-corrected chi connectivity index (χ0v) is 15.6. The predicted octanol–water partition coefficient (Wildman–Crippen LogP) is 2.54. The molecule has 0 aliphatic carbocycles. The molecule has 2 atom stereocenters. The first kappa shape index (κ1) is 20.4. The number of methoxy groups -OCH3 is 1. The van der Waals surface area contributed by atoms with E-state index in [2.05, 4.69) is 10.1 Å². The zero-order chi connectivity index (χ0) is 18.5. The highest BCUT2D eigenvalue weighted by atomic mass is 16.7. The maximum Gasteiger partial charge on any atom is 0.408 e. The number of carbonyl (C=O) groups excluding carboxylic acids is 2. The Morgan fingerprint density at radius 2 is 1.96 bits per heavy atom. The van der Waals surface area contributed by atoms with Crippen molar-refractivity contribution in [3.8, 4) is 0 Å². The highest BCUT2D eigenvalue weighted by Gasteiger charge is 2.38. The molecule has 1 fully saturated rings. The van der Waals surface area contributed by atoms with E-state index in [0.717, 1.165) is 5.57 Å². The number of esters is 1. The van der Waals surface area contributed by atoms with E-state index in [1.807, 2.05) is 20.8 Å². The first-order valence-electron chi connectivity index (χ1n) is 7.98. The summed E-state index contributed by atoms with van der Waals surface area (Å²) in [4.78, 5) is 23.4. The number of ether oxygens (including phenoxy) is 4. The molecule has 138 valence electrons. The van der Waals surface area contributed by atoms with E-state index in [4.69, 9.17) is 14.2 Å². The Hall–Kier alpha value is -1.60. The fraction of sp³-hybridized carbons (Fsp3) is 0.765. The number of amides is 1. The minimum Gasteiger partial charge on any atom is -0.466 e. The van der Waals surface area contributed by atoms with Gasteiger partial charge in [-0.2, -0.15) is 0 Å². The molecular formula is C17H29NO6. The Kier molecular flexibility index (Phi) is 6.80. The van der Waals surface area contributed by atoms with Crippen molar-refractivity contribution in [1.82, 2.24) is 5.32 Å². The molecule has 1 amide bonds. The van der Waals surface area contributed by atoms with Crippen LogP contribution in [-0.4, -0.2) is 49.3 Å². The summed E-state index contributed by atoms with van der Waals surface area (Å²) < 4.78 is 21.4.